The molecule has 1 unspecified atom stereocenters. The molecule has 0 N–H and O–H groups in total. The van der Waals surface area contributed by atoms with Crippen molar-refractivity contribution in [1.82, 2.24) is 0 Å². The molecular weight excluding hydrogens is 187 g/mol. The molecule has 0 fully saturated rings. The normalized spacial score (nSPS) is 29.8. The lowest BCUT2D eigenvalue weighted by Crippen LogP contribution is -2.01. The van der Waals surface area contributed by atoms with Crippen molar-refractivity contribution in [2.45, 2.75) is 24.6 Å². The Morgan fingerprint density at radius 3 is 2.88 bits per heavy atom. The fourth-order valence-corrected chi connectivity index (χ4v) is 1.50. The summed E-state index contributed by atoms with van der Waals surface area (Å²) in [4.78, 5) is 0. The van der Waals surface area contributed by atoms with Crippen molar-refractivity contribution < 1.29 is 0 Å². The highest BCUT2D eigenvalue weighted by atomic mass is 79.9. The van der Waals surface area contributed by atoms with E-state index >= 15 is 0 Å². The van der Waals surface area contributed by atoms with Crippen molar-refractivity contribution >= 4 is 27.5 Å². The van der Waals surface area contributed by atoms with Crippen LogP contribution in [0.4, 0.5) is 0 Å². The number of alkyl halides is 1. The SMILES string of the molecule is ClC1CCCC=C1Br. The van der Waals surface area contributed by atoms with Crippen LogP contribution in [0.2, 0.25) is 0 Å². The first-order valence-corrected chi connectivity index (χ1v) is 4.03. The van der Waals surface area contributed by atoms with Gasteiger partial charge in [-0.3, -0.25) is 0 Å². The fraction of sp³-hybridized carbons (Fsp3) is 0.667. The van der Waals surface area contributed by atoms with Gasteiger partial charge in [0, 0.05) is 4.48 Å². The van der Waals surface area contributed by atoms with Crippen LogP contribution < -0.4 is 0 Å². The van der Waals surface area contributed by atoms with Gasteiger partial charge in [-0.2, -0.15) is 0 Å². The summed E-state index contributed by atoms with van der Waals surface area (Å²) >= 11 is 9.23. The molecule has 0 bridgehead atoms. The third-order valence-corrected chi connectivity index (χ3v) is 2.89. The molecule has 1 rings (SSSR count). The summed E-state index contributed by atoms with van der Waals surface area (Å²) in [6, 6.07) is 0. The quantitative estimate of drug-likeness (QED) is 0.521. The van der Waals surface area contributed by atoms with Gasteiger partial charge in [0.1, 0.15) is 0 Å². The van der Waals surface area contributed by atoms with Crippen molar-refractivity contribution in [2.24, 2.45) is 0 Å². The van der Waals surface area contributed by atoms with Crippen molar-refractivity contribution in [3.05, 3.63) is 10.6 Å². The minimum absolute atomic E-state index is 0.253. The molecule has 0 amide bonds. The van der Waals surface area contributed by atoms with Crippen molar-refractivity contribution in [3.63, 3.8) is 0 Å². The van der Waals surface area contributed by atoms with Gasteiger partial charge in [0.05, 0.1) is 5.38 Å². The minimum Gasteiger partial charge on any atom is -0.117 e. The molecule has 2 heteroatoms. The van der Waals surface area contributed by atoms with Gasteiger partial charge in [-0.25, -0.2) is 0 Å². The Bertz CT molecular complexity index is 109. The smallest absolute Gasteiger partial charge is 0.0647 e. The predicted molar refractivity (Wildman–Crippen MR) is 40.5 cm³/mol. The molecule has 46 valence electrons. The predicted octanol–water partition coefficient (Wildman–Crippen LogP) is 3.06. The van der Waals surface area contributed by atoms with Gasteiger partial charge in [-0.1, -0.05) is 22.0 Å². The van der Waals surface area contributed by atoms with Gasteiger partial charge in [-0.05, 0) is 19.3 Å². The molecular formula is C6H8BrCl. The van der Waals surface area contributed by atoms with Gasteiger partial charge in [0.25, 0.3) is 0 Å². The maximum Gasteiger partial charge on any atom is 0.0647 e. The Kier molecular flexibility index (Phi) is 2.39. The fourth-order valence-electron chi connectivity index (χ4n) is 0.803. The van der Waals surface area contributed by atoms with Crippen LogP contribution in [0.15, 0.2) is 10.6 Å². The maximum absolute atomic E-state index is 5.85. The highest BCUT2D eigenvalue weighted by Crippen LogP contribution is 2.26. The first-order chi connectivity index (χ1) is 3.80. The number of allylic oxidation sites excluding steroid dienone is 2. The van der Waals surface area contributed by atoms with Gasteiger partial charge >= 0.3 is 0 Å². The summed E-state index contributed by atoms with van der Waals surface area (Å²) in [6.45, 7) is 0. The van der Waals surface area contributed by atoms with E-state index in [-0.39, 0.29) is 5.38 Å². The van der Waals surface area contributed by atoms with E-state index in [9.17, 15) is 0 Å². The van der Waals surface area contributed by atoms with Crippen molar-refractivity contribution in [2.75, 3.05) is 0 Å². The van der Waals surface area contributed by atoms with E-state index in [1.807, 2.05) is 0 Å². The second kappa shape index (κ2) is 2.88. The molecule has 1 atom stereocenters. The van der Waals surface area contributed by atoms with Crippen LogP contribution in [0, 0.1) is 0 Å². The number of halogens is 2. The van der Waals surface area contributed by atoms with E-state index < -0.39 is 0 Å². The topological polar surface area (TPSA) is 0 Å². The van der Waals surface area contributed by atoms with E-state index in [4.69, 9.17) is 11.6 Å². The maximum atomic E-state index is 5.85. The van der Waals surface area contributed by atoms with E-state index in [1.165, 1.54) is 17.3 Å². The van der Waals surface area contributed by atoms with Crippen molar-refractivity contribution in [3.8, 4) is 0 Å². The van der Waals surface area contributed by atoms with Gasteiger partial charge in [-0.15, -0.1) is 11.6 Å². The second-order valence-electron chi connectivity index (χ2n) is 1.99. The molecule has 0 aliphatic heterocycles. The third-order valence-electron chi connectivity index (χ3n) is 1.30. The summed E-state index contributed by atoms with van der Waals surface area (Å²) in [6.07, 6.45) is 5.70. The second-order valence-corrected chi connectivity index (χ2v) is 3.43. The zero-order chi connectivity index (χ0) is 5.98. The Labute approximate surface area is 63.0 Å². The molecule has 1 aliphatic rings. The highest BCUT2D eigenvalue weighted by molar-refractivity contribution is 9.11. The molecule has 0 aromatic rings. The van der Waals surface area contributed by atoms with Gasteiger partial charge in [0.15, 0.2) is 0 Å². The molecule has 0 aromatic carbocycles. The first-order valence-electron chi connectivity index (χ1n) is 2.80. The largest absolute Gasteiger partial charge is 0.117 e. The zero-order valence-electron chi connectivity index (χ0n) is 4.53. The van der Waals surface area contributed by atoms with Crippen molar-refractivity contribution in [1.29, 1.82) is 0 Å². The Morgan fingerprint density at radius 1 is 1.75 bits per heavy atom. The molecule has 8 heavy (non-hydrogen) atoms. The van der Waals surface area contributed by atoms with Crippen LogP contribution in [-0.2, 0) is 0 Å². The molecule has 0 nitrogen and oxygen atoms in total. The minimum atomic E-state index is 0.253. The van der Waals surface area contributed by atoms with Crippen LogP contribution in [-0.4, -0.2) is 5.38 Å². The molecule has 0 aromatic heterocycles. The molecule has 0 spiro atoms. The number of rotatable bonds is 0. The molecule has 0 radical (unpaired) electrons. The Balaban J connectivity index is 2.53. The Hall–Kier alpha value is 0.510. The summed E-state index contributed by atoms with van der Waals surface area (Å²) in [5.74, 6) is 0. The van der Waals surface area contributed by atoms with E-state index in [0.29, 0.717) is 0 Å². The summed E-state index contributed by atoms with van der Waals surface area (Å²) in [5, 5.41) is 0.253. The van der Waals surface area contributed by atoms with Gasteiger partial charge < -0.3 is 0 Å². The van der Waals surface area contributed by atoms with Crippen LogP contribution in [0.25, 0.3) is 0 Å². The highest BCUT2D eigenvalue weighted by Gasteiger charge is 2.10. The monoisotopic (exact) mass is 194 g/mol. The molecule has 0 heterocycles. The Morgan fingerprint density at radius 2 is 2.50 bits per heavy atom. The molecule has 0 saturated heterocycles. The number of hydrogen-bond donors (Lipinski definition) is 0. The summed E-state index contributed by atoms with van der Waals surface area (Å²) in [5.41, 5.74) is 0. The van der Waals surface area contributed by atoms with E-state index in [0.717, 1.165) is 6.42 Å². The van der Waals surface area contributed by atoms with E-state index in [2.05, 4.69) is 22.0 Å². The van der Waals surface area contributed by atoms with Crippen LogP contribution >= 0.6 is 27.5 Å². The number of hydrogen-bond acceptors (Lipinski definition) is 0. The summed E-state index contributed by atoms with van der Waals surface area (Å²) in [7, 11) is 0. The van der Waals surface area contributed by atoms with Gasteiger partial charge in [0.2, 0.25) is 0 Å². The van der Waals surface area contributed by atoms with Crippen LogP contribution in [0.3, 0.4) is 0 Å². The lowest BCUT2D eigenvalue weighted by Gasteiger charge is -2.12. The van der Waals surface area contributed by atoms with Crippen LogP contribution in [0.1, 0.15) is 19.3 Å². The van der Waals surface area contributed by atoms with E-state index in [1.54, 1.807) is 0 Å². The molecule has 1 aliphatic carbocycles. The van der Waals surface area contributed by atoms with Crippen LogP contribution in [0.5, 0.6) is 0 Å². The first kappa shape index (κ1) is 6.63. The standard InChI is InChI=1S/C6H8BrCl/c7-5-3-1-2-4-6(5)8/h3,6H,1-2,4H2. The zero-order valence-corrected chi connectivity index (χ0v) is 6.87. The lowest BCUT2D eigenvalue weighted by atomic mass is 10.1. The summed E-state index contributed by atoms with van der Waals surface area (Å²) < 4.78 is 1.17. The lowest BCUT2D eigenvalue weighted by molar-refractivity contribution is 0.731. The average molecular weight is 195 g/mol. The third kappa shape index (κ3) is 1.49. The molecule has 0 saturated carbocycles. The average Bonchev–Trinajstić information content (AvgIpc) is 1.77.